The summed E-state index contributed by atoms with van der Waals surface area (Å²) in [5.74, 6) is 1.42. The van der Waals surface area contributed by atoms with E-state index in [4.69, 9.17) is 56.2 Å². The minimum atomic E-state index is -3.92. The summed E-state index contributed by atoms with van der Waals surface area (Å²) in [6.45, 7) is 18.8. The summed E-state index contributed by atoms with van der Waals surface area (Å²) in [6, 6.07) is 25.1. The van der Waals surface area contributed by atoms with Crippen LogP contribution in [0, 0.1) is 45.9 Å². The third-order valence-electron chi connectivity index (χ3n) is 11.1. The van der Waals surface area contributed by atoms with Crippen molar-refractivity contribution in [3.8, 4) is 11.2 Å². The number of thiazole rings is 2. The zero-order valence-corrected chi connectivity index (χ0v) is 49.5. The fraction of sp³-hybridized carbons (Fsp3) is 0.314. The van der Waals surface area contributed by atoms with Crippen LogP contribution < -0.4 is 72.1 Å². The Hall–Kier alpha value is -4.45. The first-order valence-electron chi connectivity index (χ1n) is 22.9. The van der Waals surface area contributed by atoms with Crippen LogP contribution in [0.5, 0.6) is 0 Å². The Kier molecular flexibility index (Phi) is 27.1. The molecule has 4 aromatic carbocycles. The van der Waals surface area contributed by atoms with E-state index >= 15 is 0 Å². The Balaban J connectivity index is 0.00000136. The molecule has 78 heavy (non-hydrogen) atoms. The van der Waals surface area contributed by atoms with Crippen molar-refractivity contribution in [2.24, 2.45) is 10.2 Å². The zero-order valence-electron chi connectivity index (χ0n) is 45.4. The predicted octanol–water partition coefficient (Wildman–Crippen LogP) is 2.98. The third kappa shape index (κ3) is 18.0. The van der Waals surface area contributed by atoms with Crippen molar-refractivity contribution in [2.45, 2.75) is 100 Å². The normalized spacial score (nSPS) is 11.0. The largest absolute Gasteiger partial charge is 1.00 e. The number of rotatable bonds is 15. The minimum Gasteiger partial charge on any atom is -0.748 e. The number of azo groups is 1. The molecular weight excluding hydrogens is 1080 g/mol. The molecule has 0 aliphatic heterocycles. The van der Waals surface area contributed by atoms with Gasteiger partial charge in [0, 0.05) is 23.1 Å². The van der Waals surface area contributed by atoms with Crippen LogP contribution in [0.25, 0.3) is 25.6 Å². The van der Waals surface area contributed by atoms with Gasteiger partial charge >= 0.3 is 56.6 Å². The molecule has 4 aromatic heterocycles. The van der Waals surface area contributed by atoms with Crippen LogP contribution in [-0.2, 0) is 55.3 Å². The SMILES string of the molecule is C.CCc1cc(C)cc(CC)c1Nc1nc(N(c2nc3ccc(C)cc3s2)c2c(CC)cc(C)cc2CC)cc(C)c1N=Nc1c(C#N)c(C)nn1-c1nc2ccc(SOO[O-])cc2s1.CS(=O)(=O)[O-].CS(=O)(=O)[O-].[Li+].[Li+].[Li+]. The maximum atomic E-state index is 10.5. The van der Waals surface area contributed by atoms with Crippen LogP contribution in [0.2, 0.25) is 0 Å². The Morgan fingerprint density at radius 1 is 0.731 bits per heavy atom. The molecule has 27 heteroatoms. The van der Waals surface area contributed by atoms with Gasteiger partial charge in [-0.3, -0.25) is 9.94 Å². The van der Waals surface area contributed by atoms with Gasteiger partial charge in [0.2, 0.25) is 5.13 Å². The van der Waals surface area contributed by atoms with Crippen molar-refractivity contribution in [3.05, 3.63) is 122 Å². The molecular formula is C51H57Li3N10O9S5. The van der Waals surface area contributed by atoms with Crippen LogP contribution in [0.15, 0.2) is 81.9 Å². The number of aryl methyl sites for hydroxylation is 9. The van der Waals surface area contributed by atoms with Crippen molar-refractivity contribution < 1.29 is 97.2 Å². The molecule has 0 spiro atoms. The van der Waals surface area contributed by atoms with Crippen LogP contribution in [0.1, 0.15) is 90.9 Å². The fourth-order valence-electron chi connectivity index (χ4n) is 8.00. The second kappa shape index (κ2) is 30.4. The fourth-order valence-corrected chi connectivity index (χ4v) is 10.5. The van der Waals surface area contributed by atoms with E-state index < -0.39 is 20.2 Å². The summed E-state index contributed by atoms with van der Waals surface area (Å²) in [6.07, 6.45) is 4.45. The Labute approximate surface area is 504 Å². The number of benzene rings is 4. The van der Waals surface area contributed by atoms with E-state index in [1.165, 1.54) is 39.2 Å². The standard InChI is InChI=1S/C48H48N10O3S3.2CH4O3S.CH4.3Li/c1-10-31-18-27(6)19-32(11-2)43(31)53-45-42(54-55-46-36(25-49)30(9)56-58(46)48-51-38-17-15-35(64-61-60-59)24-40(38)63-48)29(8)23-41(52-45)57(44-33(12-3)20-28(7)21-34(44)13-4)47-50-37-16-14-26(5)22-39(37)62-47;2*1-5(2,3)4;;;;/h14-24,59H,10-13H2,1-9H3,(H,52,53);2*1H3,(H,2,3,4);1H4;;;/q;;;;3*+1/p-3. The number of anilines is 5. The van der Waals surface area contributed by atoms with Crippen LogP contribution in [-0.4, -0.2) is 63.2 Å². The summed E-state index contributed by atoms with van der Waals surface area (Å²) >= 11 is 3.79. The summed E-state index contributed by atoms with van der Waals surface area (Å²) < 4.78 is 62.4. The smallest absolute Gasteiger partial charge is 0.748 e. The Morgan fingerprint density at radius 3 is 1.79 bits per heavy atom. The van der Waals surface area contributed by atoms with Gasteiger partial charge in [0.1, 0.15) is 23.1 Å². The second-order valence-corrected chi connectivity index (χ2v) is 22.6. The number of fused-ring (bicyclic) bond motifs is 2. The van der Waals surface area contributed by atoms with E-state index in [9.17, 15) is 10.5 Å². The maximum absolute atomic E-state index is 10.5. The van der Waals surface area contributed by atoms with Gasteiger partial charge in [-0.25, -0.2) is 31.8 Å². The molecule has 0 unspecified atom stereocenters. The van der Waals surface area contributed by atoms with Gasteiger partial charge < -0.3 is 19.7 Å². The van der Waals surface area contributed by atoms with E-state index in [1.807, 2.05) is 25.1 Å². The molecule has 0 atom stereocenters. The van der Waals surface area contributed by atoms with E-state index in [1.54, 1.807) is 29.0 Å². The molecule has 8 rings (SSSR count). The Morgan fingerprint density at radius 2 is 1.26 bits per heavy atom. The van der Waals surface area contributed by atoms with E-state index in [0.717, 1.165) is 85.8 Å². The molecule has 0 bridgehead atoms. The summed E-state index contributed by atoms with van der Waals surface area (Å²) in [4.78, 5) is 18.4. The second-order valence-electron chi connectivity index (χ2n) is 17.0. The zero-order chi connectivity index (χ0) is 54.2. The van der Waals surface area contributed by atoms with Crippen molar-refractivity contribution in [3.63, 3.8) is 0 Å². The molecule has 19 nitrogen and oxygen atoms in total. The van der Waals surface area contributed by atoms with Crippen molar-refractivity contribution in [2.75, 3.05) is 22.7 Å². The van der Waals surface area contributed by atoms with Gasteiger partial charge in [-0.15, -0.1) is 10.2 Å². The summed E-state index contributed by atoms with van der Waals surface area (Å²) in [7, 11) is -7.83. The topological polar surface area (TPSA) is 276 Å². The molecule has 0 amide bonds. The quantitative estimate of drug-likeness (QED) is 0.0386. The number of nitrogens with one attached hydrogen (secondary N) is 1. The van der Waals surface area contributed by atoms with Gasteiger partial charge in [-0.05, 0) is 130 Å². The first kappa shape index (κ1) is 69.7. The van der Waals surface area contributed by atoms with Gasteiger partial charge in [0.25, 0.3) is 0 Å². The molecule has 8 aromatic rings. The van der Waals surface area contributed by atoms with E-state index in [0.29, 0.717) is 51.1 Å². The first-order chi connectivity index (χ1) is 35.0. The molecule has 0 saturated heterocycles. The molecule has 0 aliphatic rings. The number of hydrogen-bond donors (Lipinski definition) is 1. The minimum absolute atomic E-state index is 0. The number of aromatic nitrogens is 5. The Bertz CT molecular complexity index is 3580. The maximum Gasteiger partial charge on any atom is 1.00 e. The van der Waals surface area contributed by atoms with Gasteiger partial charge in [0.05, 0.1) is 64.1 Å². The monoisotopic (exact) mass is 1130 g/mol. The molecule has 4 heterocycles. The summed E-state index contributed by atoms with van der Waals surface area (Å²) in [5, 5.41) is 44.0. The molecule has 0 radical (unpaired) electrons. The number of pyridine rings is 1. The average molecular weight is 1140 g/mol. The number of nitriles is 1. The molecule has 0 saturated carbocycles. The average Bonchev–Trinajstić information content (AvgIpc) is 4.04. The van der Waals surface area contributed by atoms with Gasteiger partial charge in [0.15, 0.2) is 16.8 Å². The molecule has 0 aliphatic carbocycles. The van der Waals surface area contributed by atoms with E-state index in [2.05, 4.69) is 117 Å². The van der Waals surface area contributed by atoms with E-state index in [-0.39, 0.29) is 75.4 Å². The molecule has 0 fully saturated rings. The summed E-state index contributed by atoms with van der Waals surface area (Å²) in [5.41, 5.74) is 14.0. The molecule has 398 valence electrons. The van der Waals surface area contributed by atoms with Crippen molar-refractivity contribution in [1.82, 2.24) is 24.7 Å². The van der Waals surface area contributed by atoms with Crippen LogP contribution in [0.4, 0.5) is 39.6 Å². The molecule has 1 N–H and O–H groups in total. The first-order valence-corrected chi connectivity index (χ1v) is 29.0. The van der Waals surface area contributed by atoms with Gasteiger partial charge in [-0.2, -0.15) is 19.4 Å². The third-order valence-corrected chi connectivity index (χ3v) is 13.6. The van der Waals surface area contributed by atoms with Crippen molar-refractivity contribution in [1.29, 1.82) is 5.26 Å². The van der Waals surface area contributed by atoms with Crippen molar-refractivity contribution >= 4 is 115 Å². The van der Waals surface area contributed by atoms with Crippen LogP contribution in [0.3, 0.4) is 0 Å². The van der Waals surface area contributed by atoms with Crippen LogP contribution >= 0.6 is 34.7 Å². The predicted molar refractivity (Wildman–Crippen MR) is 295 cm³/mol. The van der Waals surface area contributed by atoms with Gasteiger partial charge in [-0.1, -0.05) is 99.3 Å². The number of nitrogens with zero attached hydrogens (tertiary/aromatic N) is 9. The number of hydrogen-bond acceptors (Lipinski definition) is 21.